The molecule has 7 heteroatoms. The molecular weight excluding hydrogens is 344 g/mol. The van der Waals surface area contributed by atoms with Gasteiger partial charge in [0.2, 0.25) is 5.91 Å². The number of amides is 2. The normalized spacial score (nSPS) is 13.3. The van der Waals surface area contributed by atoms with Gasteiger partial charge in [-0.3, -0.25) is 4.79 Å². The van der Waals surface area contributed by atoms with Crippen LogP contribution in [0.15, 0.2) is 48.8 Å². The molecule has 1 unspecified atom stereocenters. The van der Waals surface area contributed by atoms with Gasteiger partial charge in [-0.05, 0) is 30.7 Å². The monoisotopic (exact) mass is 368 g/mol. The first-order valence-corrected chi connectivity index (χ1v) is 8.84. The topological polar surface area (TPSA) is 99.2 Å². The molecule has 142 valence electrons. The molecule has 27 heavy (non-hydrogen) atoms. The van der Waals surface area contributed by atoms with Crippen LogP contribution in [0.1, 0.15) is 18.2 Å². The van der Waals surface area contributed by atoms with Crippen molar-refractivity contribution in [3.63, 3.8) is 0 Å². The highest BCUT2D eigenvalue weighted by Crippen LogP contribution is 2.23. The highest BCUT2D eigenvalue weighted by Gasteiger charge is 2.35. The van der Waals surface area contributed by atoms with Crippen LogP contribution in [0, 0.1) is 0 Å². The number of aromatic nitrogens is 2. The Kier molecular flexibility index (Phi) is 5.21. The molecule has 0 spiro atoms. The number of H-pyrrole nitrogens is 1. The van der Waals surface area contributed by atoms with Crippen LogP contribution in [0.5, 0.6) is 0 Å². The Morgan fingerprint density at radius 2 is 2.00 bits per heavy atom. The molecule has 0 aliphatic carbocycles. The van der Waals surface area contributed by atoms with E-state index in [1.165, 1.54) is 0 Å². The summed E-state index contributed by atoms with van der Waals surface area (Å²) in [7, 11) is 1.95. The van der Waals surface area contributed by atoms with Crippen LogP contribution >= 0.6 is 0 Å². The second kappa shape index (κ2) is 7.57. The molecular formula is C20H24N4O3. The molecule has 0 aliphatic rings. The number of hydrogen-bond acceptors (Lipinski definition) is 2. The van der Waals surface area contributed by atoms with Gasteiger partial charge in [0, 0.05) is 55.4 Å². The molecule has 0 aliphatic heterocycles. The van der Waals surface area contributed by atoms with Gasteiger partial charge in [-0.1, -0.05) is 18.2 Å². The third kappa shape index (κ3) is 4.13. The first-order valence-electron chi connectivity index (χ1n) is 8.84. The number of carbonyl (C=O) groups is 2. The summed E-state index contributed by atoms with van der Waals surface area (Å²) in [5.74, 6) is -0.343. The van der Waals surface area contributed by atoms with E-state index in [0.29, 0.717) is 13.0 Å². The van der Waals surface area contributed by atoms with Crippen molar-refractivity contribution in [3.05, 3.63) is 60.0 Å². The molecule has 0 radical (unpaired) electrons. The number of benzene rings is 1. The van der Waals surface area contributed by atoms with Crippen LogP contribution in [0.25, 0.3) is 10.9 Å². The van der Waals surface area contributed by atoms with Crippen LogP contribution < -0.4 is 10.6 Å². The van der Waals surface area contributed by atoms with Crippen LogP contribution in [-0.4, -0.2) is 38.7 Å². The van der Waals surface area contributed by atoms with E-state index in [4.69, 9.17) is 0 Å². The molecule has 0 fully saturated rings. The molecule has 1 atom stereocenters. The smallest absolute Gasteiger partial charge is 0.405 e. The molecule has 0 saturated carbocycles. The zero-order valence-electron chi connectivity index (χ0n) is 15.5. The van der Waals surface area contributed by atoms with Crippen molar-refractivity contribution in [3.8, 4) is 0 Å². The van der Waals surface area contributed by atoms with Crippen molar-refractivity contribution in [2.75, 3.05) is 6.54 Å². The quantitative estimate of drug-likeness (QED) is 0.515. The molecule has 0 saturated heterocycles. The molecule has 7 nitrogen and oxygen atoms in total. The van der Waals surface area contributed by atoms with Crippen molar-refractivity contribution in [2.24, 2.45) is 7.05 Å². The number of hydrogen-bond donors (Lipinski definition) is 4. The maximum absolute atomic E-state index is 12.8. The Labute approximate surface area is 157 Å². The molecule has 1 aromatic carbocycles. The van der Waals surface area contributed by atoms with Crippen molar-refractivity contribution >= 4 is 22.9 Å². The lowest BCUT2D eigenvalue weighted by molar-refractivity contribution is -0.126. The number of nitrogens with zero attached hydrogens (tertiary/aromatic N) is 1. The van der Waals surface area contributed by atoms with Crippen molar-refractivity contribution in [1.29, 1.82) is 0 Å². The van der Waals surface area contributed by atoms with Crippen LogP contribution in [-0.2, 0) is 24.7 Å². The number of carbonyl (C=O) groups excluding carboxylic acids is 1. The van der Waals surface area contributed by atoms with Gasteiger partial charge in [-0.2, -0.15) is 0 Å². The number of aryl methyl sites for hydroxylation is 1. The summed E-state index contributed by atoms with van der Waals surface area (Å²) in [5.41, 5.74) is 1.67. The Morgan fingerprint density at radius 1 is 1.22 bits per heavy atom. The summed E-state index contributed by atoms with van der Waals surface area (Å²) in [6, 6.07) is 11.7. The SMILES string of the molecule is Cn1cccc1CCNC(=O)C(C)(Cc1c[nH]c2ccccc12)NC(=O)O. The Balaban J connectivity index is 1.73. The molecule has 0 bridgehead atoms. The van der Waals surface area contributed by atoms with Gasteiger partial charge < -0.3 is 25.3 Å². The summed E-state index contributed by atoms with van der Waals surface area (Å²) >= 11 is 0. The number of rotatable bonds is 7. The highest BCUT2D eigenvalue weighted by molar-refractivity contribution is 5.91. The van der Waals surface area contributed by atoms with E-state index in [-0.39, 0.29) is 12.3 Å². The second-order valence-corrected chi connectivity index (χ2v) is 6.91. The highest BCUT2D eigenvalue weighted by atomic mass is 16.4. The zero-order valence-corrected chi connectivity index (χ0v) is 15.5. The van der Waals surface area contributed by atoms with E-state index in [0.717, 1.165) is 22.2 Å². The number of fused-ring (bicyclic) bond motifs is 1. The number of aromatic amines is 1. The minimum Gasteiger partial charge on any atom is -0.465 e. The van der Waals surface area contributed by atoms with Crippen molar-refractivity contribution in [1.82, 2.24) is 20.2 Å². The third-order valence-electron chi connectivity index (χ3n) is 4.82. The van der Waals surface area contributed by atoms with Crippen LogP contribution in [0.3, 0.4) is 0 Å². The lowest BCUT2D eigenvalue weighted by Crippen LogP contribution is -2.58. The maximum atomic E-state index is 12.8. The second-order valence-electron chi connectivity index (χ2n) is 6.91. The summed E-state index contributed by atoms with van der Waals surface area (Å²) in [6.07, 6.45) is 3.47. The molecule has 2 amide bonds. The van der Waals surface area contributed by atoms with Gasteiger partial charge in [-0.25, -0.2) is 4.79 Å². The molecule has 3 rings (SSSR count). The molecule has 2 aromatic heterocycles. The molecule has 2 heterocycles. The number of para-hydroxylation sites is 1. The third-order valence-corrected chi connectivity index (χ3v) is 4.82. The average Bonchev–Trinajstić information content (AvgIpc) is 3.21. The van der Waals surface area contributed by atoms with Gasteiger partial charge in [0.25, 0.3) is 0 Å². The van der Waals surface area contributed by atoms with E-state index < -0.39 is 11.6 Å². The minimum absolute atomic E-state index is 0.249. The standard InChI is InChI=1S/C20H24N4O3/c1-20(23-19(26)27,12-14-13-22-17-8-4-3-7-16(14)17)18(25)21-10-9-15-6-5-11-24(15)2/h3-8,11,13,22-23H,9-10,12H2,1-2H3,(H,21,25)(H,26,27). The van der Waals surface area contributed by atoms with Gasteiger partial charge in [0.15, 0.2) is 0 Å². The fourth-order valence-corrected chi connectivity index (χ4v) is 3.33. The fourth-order valence-electron chi connectivity index (χ4n) is 3.33. The summed E-state index contributed by atoms with van der Waals surface area (Å²) in [5, 5.41) is 15.5. The zero-order chi connectivity index (χ0) is 19.4. The van der Waals surface area contributed by atoms with Crippen LogP contribution in [0.4, 0.5) is 4.79 Å². The number of nitrogens with one attached hydrogen (secondary N) is 3. The van der Waals surface area contributed by atoms with E-state index in [2.05, 4.69) is 15.6 Å². The van der Waals surface area contributed by atoms with E-state index in [9.17, 15) is 14.7 Å². The Hall–Kier alpha value is -3.22. The Morgan fingerprint density at radius 3 is 2.70 bits per heavy atom. The van der Waals surface area contributed by atoms with Crippen molar-refractivity contribution in [2.45, 2.75) is 25.3 Å². The predicted molar refractivity (Wildman–Crippen MR) is 104 cm³/mol. The Bertz CT molecular complexity index is 959. The van der Waals surface area contributed by atoms with E-state index >= 15 is 0 Å². The van der Waals surface area contributed by atoms with Crippen molar-refractivity contribution < 1.29 is 14.7 Å². The van der Waals surface area contributed by atoms with E-state index in [1.54, 1.807) is 6.92 Å². The fraction of sp³-hybridized carbons (Fsp3) is 0.300. The first-order chi connectivity index (χ1) is 12.9. The minimum atomic E-state index is -1.27. The van der Waals surface area contributed by atoms with Gasteiger partial charge in [-0.15, -0.1) is 0 Å². The number of carboxylic acid groups (broad SMARTS) is 1. The average molecular weight is 368 g/mol. The lowest BCUT2D eigenvalue weighted by Gasteiger charge is -2.28. The lowest BCUT2D eigenvalue weighted by atomic mass is 9.91. The summed E-state index contributed by atoms with van der Waals surface area (Å²) in [6.45, 7) is 2.04. The predicted octanol–water partition coefficient (Wildman–Crippen LogP) is 2.43. The molecule has 3 aromatic rings. The maximum Gasteiger partial charge on any atom is 0.405 e. The van der Waals surface area contributed by atoms with Gasteiger partial charge >= 0.3 is 6.09 Å². The first kappa shape index (κ1) is 18.6. The van der Waals surface area contributed by atoms with Gasteiger partial charge in [0.05, 0.1) is 0 Å². The van der Waals surface area contributed by atoms with Gasteiger partial charge in [0.1, 0.15) is 5.54 Å². The van der Waals surface area contributed by atoms with E-state index in [1.807, 2.05) is 60.4 Å². The summed E-state index contributed by atoms with van der Waals surface area (Å²) < 4.78 is 1.99. The summed E-state index contributed by atoms with van der Waals surface area (Å²) in [4.78, 5) is 27.3. The van der Waals surface area contributed by atoms with Crippen LogP contribution in [0.2, 0.25) is 0 Å². The largest absolute Gasteiger partial charge is 0.465 e. The molecule has 4 N–H and O–H groups in total.